The Bertz CT molecular complexity index is 886. The summed E-state index contributed by atoms with van der Waals surface area (Å²) >= 11 is 0. The van der Waals surface area contributed by atoms with Crippen molar-refractivity contribution < 1.29 is 9.59 Å². The van der Waals surface area contributed by atoms with Crippen LogP contribution in [0, 0.1) is 11.3 Å². The van der Waals surface area contributed by atoms with Crippen LogP contribution < -0.4 is 20.9 Å². The molecule has 0 saturated carbocycles. The Kier molecular flexibility index (Phi) is 5.08. The summed E-state index contributed by atoms with van der Waals surface area (Å²) in [6.07, 6.45) is 3.85. The van der Waals surface area contributed by atoms with Crippen molar-refractivity contribution in [2.75, 3.05) is 29.9 Å². The van der Waals surface area contributed by atoms with Gasteiger partial charge in [0.1, 0.15) is 0 Å². The summed E-state index contributed by atoms with van der Waals surface area (Å²) in [5.41, 5.74) is 3.08. The Hall–Kier alpha value is -3.16. The second-order valence-corrected chi connectivity index (χ2v) is 8.54. The molecule has 8 nitrogen and oxygen atoms in total. The van der Waals surface area contributed by atoms with Crippen molar-refractivity contribution in [2.45, 2.75) is 26.8 Å². The molecular formula is C21H26N6O2. The van der Waals surface area contributed by atoms with Crippen molar-refractivity contribution >= 4 is 29.1 Å². The van der Waals surface area contributed by atoms with Gasteiger partial charge in [-0.1, -0.05) is 26.0 Å². The van der Waals surface area contributed by atoms with Crippen LogP contribution in [-0.2, 0) is 16.1 Å². The lowest BCUT2D eigenvalue weighted by Gasteiger charge is -2.45. The van der Waals surface area contributed by atoms with Gasteiger partial charge in [-0.25, -0.2) is 9.97 Å². The number of amides is 2. The minimum atomic E-state index is -0.270. The second-order valence-electron chi connectivity index (χ2n) is 8.54. The molecular weight excluding hydrogens is 368 g/mol. The molecule has 3 heterocycles. The molecule has 1 atom stereocenters. The molecule has 0 bridgehead atoms. The zero-order valence-corrected chi connectivity index (χ0v) is 16.7. The van der Waals surface area contributed by atoms with Crippen LogP contribution in [0.1, 0.15) is 25.8 Å². The van der Waals surface area contributed by atoms with Gasteiger partial charge in [0.2, 0.25) is 17.8 Å². The summed E-state index contributed by atoms with van der Waals surface area (Å²) in [5, 5.41) is 8.85. The molecule has 4 rings (SSSR count). The lowest BCUT2D eigenvalue weighted by molar-refractivity contribution is -0.126. The Morgan fingerprint density at radius 3 is 2.45 bits per heavy atom. The summed E-state index contributed by atoms with van der Waals surface area (Å²) in [5.74, 6) is 0.341. The third-order valence-corrected chi connectivity index (χ3v) is 5.22. The minimum absolute atomic E-state index is 0.0636. The second kappa shape index (κ2) is 7.69. The Morgan fingerprint density at radius 2 is 1.86 bits per heavy atom. The highest BCUT2D eigenvalue weighted by Gasteiger charge is 2.35. The van der Waals surface area contributed by atoms with E-state index in [4.69, 9.17) is 0 Å². The van der Waals surface area contributed by atoms with Crippen LogP contribution >= 0.6 is 0 Å². The minimum Gasteiger partial charge on any atom is -0.355 e. The molecule has 152 valence electrons. The fourth-order valence-corrected chi connectivity index (χ4v) is 3.67. The van der Waals surface area contributed by atoms with Crippen molar-refractivity contribution in [2.24, 2.45) is 11.3 Å². The van der Waals surface area contributed by atoms with Gasteiger partial charge in [0.15, 0.2) is 0 Å². The number of carbonyl (C=O) groups excluding carboxylic acids is 2. The number of nitrogens with zero attached hydrogens (tertiary/aromatic N) is 3. The molecule has 2 aromatic rings. The molecule has 2 fully saturated rings. The van der Waals surface area contributed by atoms with E-state index >= 15 is 0 Å². The number of aromatic nitrogens is 2. The molecule has 2 aliphatic rings. The first-order chi connectivity index (χ1) is 13.9. The van der Waals surface area contributed by atoms with Gasteiger partial charge in [-0.15, -0.1) is 0 Å². The fraction of sp³-hybridized carbons (Fsp3) is 0.429. The number of hydrogen-bond donors (Lipinski definition) is 3. The van der Waals surface area contributed by atoms with E-state index in [1.807, 2.05) is 24.3 Å². The molecule has 8 heteroatoms. The predicted molar refractivity (Wildman–Crippen MR) is 111 cm³/mol. The van der Waals surface area contributed by atoms with Gasteiger partial charge in [-0.3, -0.25) is 9.59 Å². The summed E-state index contributed by atoms with van der Waals surface area (Å²) in [6, 6.07) is 7.82. The molecule has 29 heavy (non-hydrogen) atoms. The monoisotopic (exact) mass is 394 g/mol. The Labute approximate surface area is 170 Å². The van der Waals surface area contributed by atoms with E-state index in [0.717, 1.165) is 36.0 Å². The third kappa shape index (κ3) is 4.64. The van der Waals surface area contributed by atoms with Crippen LogP contribution in [-0.4, -0.2) is 41.4 Å². The van der Waals surface area contributed by atoms with Crippen LogP contribution in [0.4, 0.5) is 17.3 Å². The van der Waals surface area contributed by atoms with E-state index in [1.54, 1.807) is 12.4 Å². The summed E-state index contributed by atoms with van der Waals surface area (Å²) in [4.78, 5) is 34.3. The van der Waals surface area contributed by atoms with Crippen LogP contribution in [0.5, 0.6) is 0 Å². The lowest BCUT2D eigenvalue weighted by Crippen LogP contribution is -2.53. The maximum Gasteiger partial charge on any atom is 0.225 e. The SMILES string of the molecule is CC1(C)CN(c2ncc(Nc3ccc(CNC(=O)C4CNC(=O)C4)cc3)cn2)C1. The topological polar surface area (TPSA) is 99.3 Å². The number of rotatable bonds is 6. The quantitative estimate of drug-likeness (QED) is 0.691. The van der Waals surface area contributed by atoms with Gasteiger partial charge in [0.05, 0.1) is 24.0 Å². The number of carbonyl (C=O) groups is 2. The lowest BCUT2D eigenvalue weighted by atomic mass is 9.85. The maximum absolute atomic E-state index is 12.1. The predicted octanol–water partition coefficient (Wildman–Crippen LogP) is 1.82. The first-order valence-corrected chi connectivity index (χ1v) is 9.85. The molecule has 3 N–H and O–H groups in total. The molecule has 0 spiro atoms. The van der Waals surface area contributed by atoms with E-state index in [9.17, 15) is 9.59 Å². The highest BCUT2D eigenvalue weighted by molar-refractivity contribution is 5.89. The molecule has 2 amide bonds. The van der Waals surface area contributed by atoms with Gasteiger partial charge < -0.3 is 20.9 Å². The van der Waals surface area contributed by atoms with Gasteiger partial charge in [-0.2, -0.15) is 0 Å². The highest BCUT2D eigenvalue weighted by Crippen LogP contribution is 2.31. The maximum atomic E-state index is 12.1. The van der Waals surface area contributed by atoms with E-state index in [1.165, 1.54) is 0 Å². The van der Waals surface area contributed by atoms with Gasteiger partial charge in [-0.05, 0) is 23.1 Å². The molecule has 2 aliphatic heterocycles. The zero-order valence-electron chi connectivity index (χ0n) is 16.7. The van der Waals surface area contributed by atoms with Gasteiger partial charge in [0, 0.05) is 38.3 Å². The summed E-state index contributed by atoms with van der Waals surface area (Å²) < 4.78 is 0. The largest absolute Gasteiger partial charge is 0.355 e. The summed E-state index contributed by atoms with van der Waals surface area (Å²) in [6.45, 7) is 7.29. The van der Waals surface area contributed by atoms with E-state index in [2.05, 4.69) is 44.7 Å². The smallest absolute Gasteiger partial charge is 0.225 e. The first kappa shape index (κ1) is 19.2. The average Bonchev–Trinajstić information content (AvgIpc) is 3.12. The number of hydrogen-bond acceptors (Lipinski definition) is 6. The van der Waals surface area contributed by atoms with Crippen LogP contribution in [0.25, 0.3) is 0 Å². The van der Waals surface area contributed by atoms with Crippen LogP contribution in [0.3, 0.4) is 0 Å². The Morgan fingerprint density at radius 1 is 1.17 bits per heavy atom. The fourth-order valence-electron chi connectivity index (χ4n) is 3.67. The number of nitrogens with one attached hydrogen (secondary N) is 3. The molecule has 0 aliphatic carbocycles. The highest BCUT2D eigenvalue weighted by atomic mass is 16.2. The molecule has 0 radical (unpaired) electrons. The van der Waals surface area contributed by atoms with Gasteiger partial charge in [0.25, 0.3) is 0 Å². The van der Waals surface area contributed by atoms with Crippen molar-refractivity contribution in [1.29, 1.82) is 0 Å². The van der Waals surface area contributed by atoms with Crippen LogP contribution in [0.2, 0.25) is 0 Å². The van der Waals surface area contributed by atoms with Crippen molar-refractivity contribution in [3.8, 4) is 0 Å². The summed E-state index contributed by atoms with van der Waals surface area (Å²) in [7, 11) is 0. The van der Waals surface area contributed by atoms with Crippen molar-refractivity contribution in [3.05, 3.63) is 42.2 Å². The molecule has 2 saturated heterocycles. The Balaban J connectivity index is 1.27. The van der Waals surface area contributed by atoms with E-state index in [0.29, 0.717) is 18.5 Å². The first-order valence-electron chi connectivity index (χ1n) is 9.85. The third-order valence-electron chi connectivity index (χ3n) is 5.22. The van der Waals surface area contributed by atoms with Crippen molar-refractivity contribution in [1.82, 2.24) is 20.6 Å². The van der Waals surface area contributed by atoms with E-state index in [-0.39, 0.29) is 24.2 Å². The zero-order chi connectivity index (χ0) is 20.4. The molecule has 1 aromatic heterocycles. The van der Waals surface area contributed by atoms with Crippen molar-refractivity contribution in [3.63, 3.8) is 0 Å². The van der Waals surface area contributed by atoms with Gasteiger partial charge >= 0.3 is 0 Å². The number of benzene rings is 1. The van der Waals surface area contributed by atoms with Crippen LogP contribution in [0.15, 0.2) is 36.7 Å². The van der Waals surface area contributed by atoms with E-state index < -0.39 is 0 Å². The number of anilines is 3. The normalized spacial score (nSPS) is 20.0. The average molecular weight is 394 g/mol. The molecule has 1 aromatic carbocycles. The molecule has 1 unspecified atom stereocenters. The standard InChI is InChI=1S/C21H26N6O2/c1-21(2)12-27(13-21)20-24-10-17(11-25-20)26-16-5-3-14(4-6-16)8-23-19(29)15-7-18(28)22-9-15/h3-6,10-11,15,26H,7-9,12-13H2,1-2H3,(H,22,28)(H,23,29).